The molecule has 0 saturated heterocycles. The zero-order valence-corrected chi connectivity index (χ0v) is 17.1. The Labute approximate surface area is 171 Å². The van der Waals surface area contributed by atoms with E-state index in [1.807, 2.05) is 44.2 Å². The molecule has 0 bridgehead atoms. The van der Waals surface area contributed by atoms with Crippen LogP contribution in [-0.2, 0) is 19.6 Å². The maximum Gasteiger partial charge on any atom is 0.202 e. The number of Topliss-reactive ketones (excluding diaryl/α,β-unsaturated/α-hetero) is 1. The fourth-order valence-corrected chi connectivity index (χ4v) is 3.46. The van der Waals surface area contributed by atoms with Crippen LogP contribution in [0.4, 0.5) is 0 Å². The number of ketones is 1. The lowest BCUT2D eigenvalue weighted by atomic mass is 10.1. The molecule has 5 heteroatoms. The number of aromatic nitrogens is 1. The van der Waals surface area contributed by atoms with Gasteiger partial charge in [-0.2, -0.15) is 0 Å². The number of hydrogen-bond donors (Lipinski definition) is 1. The number of aliphatic hydroxyl groups is 1. The summed E-state index contributed by atoms with van der Waals surface area (Å²) in [5, 5.41) is 9.39. The molecule has 0 unspecified atom stereocenters. The first-order valence-electron chi connectivity index (χ1n) is 9.68. The summed E-state index contributed by atoms with van der Waals surface area (Å²) in [7, 11) is 1.66. The van der Waals surface area contributed by atoms with Gasteiger partial charge in [-0.15, -0.1) is 0 Å². The molecule has 2 aromatic carbocycles. The topological polar surface area (TPSA) is 60.7 Å². The van der Waals surface area contributed by atoms with Crippen molar-refractivity contribution < 1.29 is 19.4 Å². The lowest BCUT2D eigenvalue weighted by molar-refractivity contribution is 0.0918. The molecule has 152 valence electrons. The van der Waals surface area contributed by atoms with Crippen LogP contribution in [0.15, 0.2) is 54.6 Å². The van der Waals surface area contributed by atoms with Gasteiger partial charge < -0.3 is 19.1 Å². The van der Waals surface area contributed by atoms with E-state index in [1.54, 1.807) is 19.2 Å². The van der Waals surface area contributed by atoms with Gasteiger partial charge in [0.05, 0.1) is 13.7 Å². The minimum absolute atomic E-state index is 0.0558. The first-order valence-corrected chi connectivity index (χ1v) is 9.68. The minimum atomic E-state index is -0.121. The Balaban J connectivity index is 1.66. The number of hydrogen-bond acceptors (Lipinski definition) is 4. The molecule has 0 saturated carbocycles. The second-order valence-electron chi connectivity index (χ2n) is 7.01. The van der Waals surface area contributed by atoms with Crippen LogP contribution in [0, 0.1) is 13.8 Å². The van der Waals surface area contributed by atoms with E-state index in [2.05, 4.69) is 16.7 Å². The quantitative estimate of drug-likeness (QED) is 0.556. The van der Waals surface area contributed by atoms with Crippen molar-refractivity contribution in [2.45, 2.75) is 33.4 Å². The summed E-state index contributed by atoms with van der Waals surface area (Å²) >= 11 is 0. The van der Waals surface area contributed by atoms with Crippen LogP contribution in [0.1, 0.15) is 32.9 Å². The van der Waals surface area contributed by atoms with E-state index >= 15 is 0 Å². The molecule has 0 atom stereocenters. The van der Waals surface area contributed by atoms with Crippen LogP contribution < -0.4 is 9.47 Å². The van der Waals surface area contributed by atoms with Crippen LogP contribution >= 0.6 is 0 Å². The molecule has 1 heterocycles. The number of nitrogens with zero attached hydrogens (tertiary/aromatic N) is 1. The van der Waals surface area contributed by atoms with Gasteiger partial charge in [0.1, 0.15) is 11.5 Å². The Morgan fingerprint density at radius 2 is 1.79 bits per heavy atom. The predicted molar refractivity (Wildman–Crippen MR) is 113 cm³/mol. The molecule has 0 aliphatic heterocycles. The van der Waals surface area contributed by atoms with Gasteiger partial charge in [0.2, 0.25) is 5.78 Å². The molecular formula is C24H27NO4. The first kappa shape index (κ1) is 20.7. The van der Waals surface area contributed by atoms with Gasteiger partial charge >= 0.3 is 0 Å². The number of aryl methyl sites for hydroxylation is 2. The van der Waals surface area contributed by atoms with Crippen molar-refractivity contribution in [3.8, 4) is 11.5 Å². The molecule has 0 fully saturated rings. The van der Waals surface area contributed by atoms with E-state index in [9.17, 15) is 9.90 Å². The normalized spacial score (nSPS) is 10.8. The van der Waals surface area contributed by atoms with Crippen molar-refractivity contribution in [3.63, 3.8) is 0 Å². The second-order valence-corrected chi connectivity index (χ2v) is 7.01. The maximum absolute atomic E-state index is 12.7. The summed E-state index contributed by atoms with van der Waals surface area (Å²) in [5.41, 5.74) is 4.56. The lowest BCUT2D eigenvalue weighted by Crippen LogP contribution is -2.14. The standard InChI is InChI=1S/C24H27NO4/c1-17-14-22(23(27)16-29-24-7-5-4-6-20(24)15-26)18(2)25(17)13-12-19-8-10-21(28-3)11-9-19/h4-11,14,26H,12-13,15-16H2,1-3H3. The number of benzene rings is 2. The molecule has 3 rings (SSSR count). The number of rotatable bonds is 9. The zero-order chi connectivity index (χ0) is 20.8. The van der Waals surface area contributed by atoms with Crippen molar-refractivity contribution in [1.29, 1.82) is 0 Å². The van der Waals surface area contributed by atoms with Crippen LogP contribution in [0.2, 0.25) is 0 Å². The summed E-state index contributed by atoms with van der Waals surface area (Å²) in [6, 6.07) is 17.2. The zero-order valence-electron chi connectivity index (χ0n) is 17.1. The highest BCUT2D eigenvalue weighted by atomic mass is 16.5. The van der Waals surface area contributed by atoms with E-state index in [4.69, 9.17) is 9.47 Å². The third-order valence-electron chi connectivity index (χ3n) is 5.16. The number of ether oxygens (including phenoxy) is 2. The smallest absolute Gasteiger partial charge is 0.202 e. The molecule has 0 spiro atoms. The Kier molecular flexibility index (Phi) is 6.73. The highest BCUT2D eigenvalue weighted by molar-refractivity contribution is 5.98. The minimum Gasteiger partial charge on any atom is -0.497 e. The third kappa shape index (κ3) is 4.87. The fraction of sp³-hybridized carbons (Fsp3) is 0.292. The van der Waals surface area contributed by atoms with Crippen LogP contribution in [0.5, 0.6) is 11.5 Å². The van der Waals surface area contributed by atoms with E-state index in [-0.39, 0.29) is 19.0 Å². The van der Waals surface area contributed by atoms with E-state index < -0.39 is 0 Å². The first-order chi connectivity index (χ1) is 14.0. The molecule has 29 heavy (non-hydrogen) atoms. The molecule has 1 aromatic heterocycles. The monoisotopic (exact) mass is 393 g/mol. The largest absolute Gasteiger partial charge is 0.497 e. The SMILES string of the molecule is COc1ccc(CCn2c(C)cc(C(=O)COc3ccccc3CO)c2C)cc1. The highest BCUT2D eigenvalue weighted by Crippen LogP contribution is 2.21. The predicted octanol–water partition coefficient (Wildman–Crippen LogP) is 4.11. The number of carbonyl (C=O) groups is 1. The highest BCUT2D eigenvalue weighted by Gasteiger charge is 2.17. The average Bonchev–Trinajstić information content (AvgIpc) is 3.04. The Morgan fingerprint density at radius 1 is 1.07 bits per heavy atom. The number of aliphatic hydroxyl groups excluding tert-OH is 1. The summed E-state index contributed by atoms with van der Waals surface area (Å²) in [4.78, 5) is 12.7. The van der Waals surface area contributed by atoms with E-state index in [1.165, 1.54) is 5.56 Å². The summed E-state index contributed by atoms with van der Waals surface area (Å²) in [5.74, 6) is 1.32. The van der Waals surface area contributed by atoms with Crippen molar-refractivity contribution in [3.05, 3.63) is 82.7 Å². The summed E-state index contributed by atoms with van der Waals surface area (Å²) in [6.07, 6.45) is 0.869. The van der Waals surface area contributed by atoms with Crippen LogP contribution in [-0.4, -0.2) is 29.2 Å². The molecular weight excluding hydrogens is 366 g/mol. The number of methoxy groups -OCH3 is 1. The van der Waals surface area contributed by atoms with Crippen LogP contribution in [0.25, 0.3) is 0 Å². The molecule has 0 aliphatic carbocycles. The van der Waals surface area contributed by atoms with Gasteiger partial charge in [0.15, 0.2) is 6.61 Å². The Morgan fingerprint density at radius 3 is 2.48 bits per heavy atom. The van der Waals surface area contributed by atoms with E-state index in [0.29, 0.717) is 16.9 Å². The molecule has 0 amide bonds. The molecule has 0 radical (unpaired) electrons. The number of carbonyl (C=O) groups excluding carboxylic acids is 1. The maximum atomic E-state index is 12.7. The van der Waals surface area contributed by atoms with Crippen molar-refractivity contribution in [1.82, 2.24) is 4.57 Å². The molecule has 3 aromatic rings. The Hall–Kier alpha value is -3.05. The lowest BCUT2D eigenvalue weighted by Gasteiger charge is -2.11. The molecule has 0 aliphatic rings. The second kappa shape index (κ2) is 9.43. The van der Waals surface area contributed by atoms with Crippen molar-refractivity contribution in [2.24, 2.45) is 0 Å². The van der Waals surface area contributed by atoms with Gasteiger partial charge in [-0.1, -0.05) is 30.3 Å². The summed E-state index contributed by atoms with van der Waals surface area (Å²) in [6.45, 7) is 4.60. The third-order valence-corrected chi connectivity index (χ3v) is 5.16. The van der Waals surface area contributed by atoms with Crippen molar-refractivity contribution in [2.75, 3.05) is 13.7 Å². The molecule has 1 N–H and O–H groups in total. The van der Waals surface area contributed by atoms with Gasteiger partial charge in [-0.3, -0.25) is 4.79 Å². The van der Waals surface area contributed by atoms with Gasteiger partial charge in [0, 0.05) is 29.1 Å². The van der Waals surface area contributed by atoms with Crippen LogP contribution in [0.3, 0.4) is 0 Å². The van der Waals surface area contributed by atoms with Gasteiger partial charge in [0.25, 0.3) is 0 Å². The average molecular weight is 393 g/mol. The summed E-state index contributed by atoms with van der Waals surface area (Å²) < 4.78 is 13.0. The molecule has 5 nitrogen and oxygen atoms in total. The Bertz CT molecular complexity index is 973. The van der Waals surface area contributed by atoms with E-state index in [0.717, 1.165) is 30.1 Å². The number of para-hydroxylation sites is 1. The fourth-order valence-electron chi connectivity index (χ4n) is 3.46. The van der Waals surface area contributed by atoms with Crippen molar-refractivity contribution >= 4 is 5.78 Å². The van der Waals surface area contributed by atoms with Gasteiger partial charge in [-0.05, 0) is 50.1 Å². The van der Waals surface area contributed by atoms with Gasteiger partial charge in [-0.25, -0.2) is 0 Å².